The van der Waals surface area contributed by atoms with Crippen LogP contribution in [0, 0.1) is 0 Å². The lowest BCUT2D eigenvalue weighted by molar-refractivity contribution is -0.129. The molecule has 32 heavy (non-hydrogen) atoms. The first kappa shape index (κ1) is 22.6. The molecule has 4 rings (SSSR count). The Morgan fingerprint density at radius 1 is 1.28 bits per heavy atom. The SMILES string of the molecule is CC(=O)N1CCC(Nc2cc(C(=O)NC[C@H](O)CN3CCc4sccc4C3)ncn2)CC1. The third-order valence-corrected chi connectivity index (χ3v) is 7.07. The molecule has 4 heterocycles. The molecule has 2 aliphatic heterocycles. The minimum absolute atomic E-state index is 0.100. The predicted octanol–water partition coefficient (Wildman–Crippen LogP) is 1.11. The number of carbonyl (C=O) groups excluding carboxylic acids is 2. The van der Waals surface area contributed by atoms with Crippen LogP contribution in [-0.4, -0.2) is 81.6 Å². The number of aliphatic hydroxyl groups is 1. The van der Waals surface area contributed by atoms with Gasteiger partial charge < -0.3 is 20.6 Å². The predicted molar refractivity (Wildman–Crippen MR) is 123 cm³/mol. The van der Waals surface area contributed by atoms with Crippen molar-refractivity contribution in [2.75, 3.05) is 38.0 Å². The third-order valence-electron chi connectivity index (χ3n) is 6.05. The molecule has 0 saturated carbocycles. The summed E-state index contributed by atoms with van der Waals surface area (Å²) in [6, 6.07) is 3.97. The number of hydrogen-bond acceptors (Lipinski definition) is 8. The van der Waals surface area contributed by atoms with Gasteiger partial charge in [-0.3, -0.25) is 14.5 Å². The van der Waals surface area contributed by atoms with Crippen LogP contribution in [0.2, 0.25) is 0 Å². The molecule has 3 N–H and O–H groups in total. The summed E-state index contributed by atoms with van der Waals surface area (Å²) in [5.74, 6) is 0.356. The Kier molecular flexibility index (Phi) is 7.33. The molecule has 2 aromatic heterocycles. The first-order valence-corrected chi connectivity index (χ1v) is 11.9. The van der Waals surface area contributed by atoms with Gasteiger partial charge in [-0.05, 0) is 36.3 Å². The van der Waals surface area contributed by atoms with Gasteiger partial charge in [-0.2, -0.15) is 0 Å². The summed E-state index contributed by atoms with van der Waals surface area (Å²) < 4.78 is 0. The van der Waals surface area contributed by atoms with Gasteiger partial charge in [0.05, 0.1) is 6.10 Å². The highest BCUT2D eigenvalue weighted by molar-refractivity contribution is 7.10. The maximum Gasteiger partial charge on any atom is 0.270 e. The first-order valence-electron chi connectivity index (χ1n) is 11.1. The molecule has 0 aliphatic carbocycles. The average molecular weight is 459 g/mol. The van der Waals surface area contributed by atoms with Crippen LogP contribution in [0.5, 0.6) is 0 Å². The van der Waals surface area contributed by atoms with Crippen LogP contribution in [0.25, 0.3) is 0 Å². The zero-order valence-corrected chi connectivity index (χ0v) is 19.1. The molecular formula is C22H30N6O3S. The van der Waals surface area contributed by atoms with E-state index >= 15 is 0 Å². The quantitative estimate of drug-likeness (QED) is 0.570. The fraction of sp³-hybridized carbons (Fsp3) is 0.545. The van der Waals surface area contributed by atoms with Gasteiger partial charge in [0.1, 0.15) is 17.8 Å². The topological polar surface area (TPSA) is 111 Å². The monoisotopic (exact) mass is 458 g/mol. The number of aliphatic hydroxyl groups excluding tert-OH is 1. The van der Waals surface area contributed by atoms with E-state index in [4.69, 9.17) is 0 Å². The highest BCUT2D eigenvalue weighted by Gasteiger charge is 2.22. The van der Waals surface area contributed by atoms with E-state index in [1.54, 1.807) is 24.3 Å². The summed E-state index contributed by atoms with van der Waals surface area (Å²) in [7, 11) is 0. The normalized spacial score (nSPS) is 18.1. The van der Waals surface area contributed by atoms with Crippen LogP contribution in [0.3, 0.4) is 0 Å². The lowest BCUT2D eigenvalue weighted by atomic mass is 10.1. The average Bonchev–Trinajstić information content (AvgIpc) is 3.26. The van der Waals surface area contributed by atoms with Crippen molar-refractivity contribution in [3.63, 3.8) is 0 Å². The van der Waals surface area contributed by atoms with Crippen LogP contribution < -0.4 is 10.6 Å². The molecule has 0 bridgehead atoms. The number of anilines is 1. The minimum Gasteiger partial charge on any atom is -0.390 e. The van der Waals surface area contributed by atoms with E-state index in [9.17, 15) is 14.7 Å². The van der Waals surface area contributed by atoms with E-state index in [1.165, 1.54) is 16.8 Å². The van der Waals surface area contributed by atoms with E-state index in [0.717, 1.165) is 32.4 Å². The summed E-state index contributed by atoms with van der Waals surface area (Å²) in [5.41, 5.74) is 1.60. The minimum atomic E-state index is -0.648. The second-order valence-corrected chi connectivity index (χ2v) is 9.43. The number of thiophene rings is 1. The molecule has 0 aromatic carbocycles. The number of rotatable bonds is 7. The molecule has 1 saturated heterocycles. The summed E-state index contributed by atoms with van der Waals surface area (Å²) >= 11 is 1.79. The van der Waals surface area contributed by atoms with Crippen molar-refractivity contribution in [3.05, 3.63) is 40.0 Å². The van der Waals surface area contributed by atoms with Gasteiger partial charge in [0.2, 0.25) is 5.91 Å². The van der Waals surface area contributed by atoms with Crippen molar-refractivity contribution in [2.24, 2.45) is 0 Å². The maximum absolute atomic E-state index is 12.5. The number of β-amino-alcohol motifs (C(OH)–C–C–N with tert-alkyl or cyclic N) is 1. The fourth-order valence-corrected chi connectivity index (χ4v) is 5.12. The first-order chi connectivity index (χ1) is 15.5. The van der Waals surface area contributed by atoms with Gasteiger partial charge in [-0.15, -0.1) is 11.3 Å². The van der Waals surface area contributed by atoms with Crippen molar-refractivity contribution >= 4 is 29.0 Å². The largest absolute Gasteiger partial charge is 0.390 e. The Bertz CT molecular complexity index is 943. The number of aromatic nitrogens is 2. The number of hydrogen-bond donors (Lipinski definition) is 3. The van der Waals surface area contributed by atoms with E-state index < -0.39 is 6.10 Å². The van der Waals surface area contributed by atoms with Gasteiger partial charge >= 0.3 is 0 Å². The van der Waals surface area contributed by atoms with Gasteiger partial charge in [-0.25, -0.2) is 9.97 Å². The Labute approximate surface area is 191 Å². The number of nitrogens with zero attached hydrogens (tertiary/aromatic N) is 4. The number of fused-ring (bicyclic) bond motifs is 1. The van der Waals surface area contributed by atoms with Crippen molar-refractivity contribution < 1.29 is 14.7 Å². The van der Waals surface area contributed by atoms with Gasteiger partial charge in [0.25, 0.3) is 5.91 Å². The number of nitrogens with one attached hydrogen (secondary N) is 2. The Morgan fingerprint density at radius 2 is 2.09 bits per heavy atom. The standard InChI is InChI=1S/C22H30N6O3S/c1-15(29)28-7-2-17(3-8-28)26-21-10-19(24-14-25-21)22(31)23-11-18(30)13-27-6-4-20-16(12-27)5-9-32-20/h5,9-10,14,17-18,30H,2-4,6-8,11-13H2,1H3,(H,23,31)(H,24,25,26)/t18-/m0/s1. The van der Waals surface area contributed by atoms with Gasteiger partial charge in [-0.1, -0.05) is 0 Å². The van der Waals surface area contributed by atoms with Crippen LogP contribution >= 0.6 is 11.3 Å². The van der Waals surface area contributed by atoms with E-state index in [1.807, 2.05) is 4.90 Å². The van der Waals surface area contributed by atoms with Crippen LogP contribution in [0.15, 0.2) is 23.8 Å². The highest BCUT2D eigenvalue weighted by Crippen LogP contribution is 2.24. The molecule has 2 aliphatic rings. The van der Waals surface area contributed by atoms with Crippen molar-refractivity contribution in [2.45, 2.75) is 44.9 Å². The fourth-order valence-electron chi connectivity index (χ4n) is 4.23. The molecule has 0 spiro atoms. The summed E-state index contributed by atoms with van der Waals surface area (Å²) in [5, 5.41) is 18.6. The van der Waals surface area contributed by atoms with Gasteiger partial charge in [0, 0.05) is 63.2 Å². The summed E-state index contributed by atoms with van der Waals surface area (Å²) in [4.78, 5) is 37.8. The van der Waals surface area contributed by atoms with E-state index in [-0.39, 0.29) is 30.1 Å². The highest BCUT2D eigenvalue weighted by atomic mass is 32.1. The van der Waals surface area contributed by atoms with Crippen molar-refractivity contribution in [3.8, 4) is 0 Å². The van der Waals surface area contributed by atoms with Crippen molar-refractivity contribution in [1.29, 1.82) is 0 Å². The Hall–Kier alpha value is -2.56. The molecule has 9 nitrogen and oxygen atoms in total. The zero-order chi connectivity index (χ0) is 22.5. The lowest BCUT2D eigenvalue weighted by Crippen LogP contribution is -2.42. The third kappa shape index (κ3) is 5.81. The van der Waals surface area contributed by atoms with Crippen LogP contribution in [-0.2, 0) is 17.8 Å². The van der Waals surface area contributed by atoms with E-state index in [2.05, 4.69) is 36.9 Å². The molecule has 10 heteroatoms. The summed E-state index contributed by atoms with van der Waals surface area (Å²) in [6.45, 7) is 5.47. The number of amides is 2. The van der Waals surface area contributed by atoms with Gasteiger partial charge in [0.15, 0.2) is 0 Å². The number of carbonyl (C=O) groups is 2. The summed E-state index contributed by atoms with van der Waals surface area (Å²) in [6.07, 6.45) is 3.40. The second kappa shape index (κ2) is 10.4. The molecule has 2 aromatic rings. The molecule has 172 valence electrons. The van der Waals surface area contributed by atoms with Crippen molar-refractivity contribution in [1.82, 2.24) is 25.1 Å². The number of likely N-dealkylation sites (tertiary alicyclic amines) is 1. The Balaban J connectivity index is 1.23. The molecule has 2 amide bonds. The smallest absolute Gasteiger partial charge is 0.270 e. The molecule has 0 radical (unpaired) electrons. The zero-order valence-electron chi connectivity index (χ0n) is 18.3. The van der Waals surface area contributed by atoms with Crippen LogP contribution in [0.1, 0.15) is 40.7 Å². The Morgan fingerprint density at radius 3 is 2.88 bits per heavy atom. The second-order valence-electron chi connectivity index (χ2n) is 8.43. The molecule has 1 atom stereocenters. The molecular weight excluding hydrogens is 428 g/mol. The molecule has 1 fully saturated rings. The van der Waals surface area contributed by atoms with Crippen LogP contribution in [0.4, 0.5) is 5.82 Å². The number of piperidine rings is 1. The lowest BCUT2D eigenvalue weighted by Gasteiger charge is -2.31. The molecule has 0 unspecified atom stereocenters. The maximum atomic E-state index is 12.5. The van der Waals surface area contributed by atoms with E-state index in [0.29, 0.717) is 25.5 Å².